The van der Waals surface area contributed by atoms with E-state index in [0.29, 0.717) is 0 Å². The molecule has 1 saturated carbocycles. The summed E-state index contributed by atoms with van der Waals surface area (Å²) >= 11 is 1.59. The van der Waals surface area contributed by atoms with E-state index in [-0.39, 0.29) is 18.0 Å². The summed E-state index contributed by atoms with van der Waals surface area (Å²) in [5, 5.41) is 4.11. The summed E-state index contributed by atoms with van der Waals surface area (Å²) in [6, 6.07) is 2.35. The summed E-state index contributed by atoms with van der Waals surface area (Å²) in [5.74, 6) is 1.67. The third kappa shape index (κ3) is 3.50. The first-order valence-corrected chi connectivity index (χ1v) is 9.65. The molecule has 0 spiro atoms. The van der Waals surface area contributed by atoms with Gasteiger partial charge in [-0.3, -0.25) is 4.79 Å². The lowest BCUT2D eigenvalue weighted by Gasteiger charge is -2.29. The Balaban J connectivity index is 1.52. The minimum atomic E-state index is -0.00633. The monoisotopic (exact) mass is 358 g/mol. The van der Waals surface area contributed by atoms with Crippen LogP contribution in [-0.2, 0) is 4.79 Å². The van der Waals surface area contributed by atoms with Crippen LogP contribution in [0.1, 0.15) is 25.7 Å². The molecular weight excluding hydrogens is 336 g/mol. The number of H-pyrrole nitrogens is 1. The molecule has 132 valence electrons. The maximum absolute atomic E-state index is 12.7. The molecule has 0 radical (unpaired) electrons. The Morgan fingerprint density at radius 2 is 2.32 bits per heavy atom. The molecule has 2 aromatic heterocycles. The second-order valence-corrected chi connectivity index (χ2v) is 7.71. The lowest BCUT2D eigenvalue weighted by molar-refractivity contribution is -0.117. The molecule has 2 aliphatic rings. The van der Waals surface area contributed by atoms with Gasteiger partial charge in [0.25, 0.3) is 5.91 Å². The van der Waals surface area contributed by atoms with E-state index in [9.17, 15) is 4.79 Å². The van der Waals surface area contributed by atoms with Gasteiger partial charge in [0.2, 0.25) is 0 Å². The molecule has 1 fully saturated rings. The maximum atomic E-state index is 12.7. The Kier molecular flexibility index (Phi) is 4.63. The van der Waals surface area contributed by atoms with E-state index < -0.39 is 0 Å². The number of anilines is 1. The molecule has 3 heterocycles. The number of aromatic amines is 1. The Bertz CT molecular complexity index is 803. The van der Waals surface area contributed by atoms with Crippen LogP contribution in [-0.4, -0.2) is 45.2 Å². The quantitative estimate of drug-likeness (QED) is 0.773. The summed E-state index contributed by atoms with van der Waals surface area (Å²) in [7, 11) is 0. The van der Waals surface area contributed by atoms with E-state index in [4.69, 9.17) is 5.73 Å². The summed E-state index contributed by atoms with van der Waals surface area (Å²) in [6.45, 7) is 0.813. The predicted octanol–water partition coefficient (Wildman–Crippen LogP) is 1.74. The molecule has 2 atom stereocenters. The van der Waals surface area contributed by atoms with Crippen molar-refractivity contribution in [1.29, 1.82) is 0 Å². The third-order valence-corrected chi connectivity index (χ3v) is 5.73. The van der Waals surface area contributed by atoms with Crippen molar-refractivity contribution in [2.45, 2.75) is 37.8 Å². The van der Waals surface area contributed by atoms with E-state index in [1.165, 1.54) is 0 Å². The van der Waals surface area contributed by atoms with Crippen molar-refractivity contribution in [3.05, 3.63) is 29.7 Å². The van der Waals surface area contributed by atoms with Crippen molar-refractivity contribution in [2.24, 2.45) is 5.73 Å². The second-order valence-electron chi connectivity index (χ2n) is 6.57. The number of nitrogens with one attached hydrogen (secondary N) is 2. The number of carbonyl (C=O) groups excluding carboxylic acids is 1. The Hall–Kier alpha value is -2.06. The summed E-state index contributed by atoms with van der Waals surface area (Å²) < 4.78 is 0. The highest BCUT2D eigenvalue weighted by atomic mass is 32.2. The summed E-state index contributed by atoms with van der Waals surface area (Å²) in [4.78, 5) is 27.2. The van der Waals surface area contributed by atoms with Crippen molar-refractivity contribution in [1.82, 2.24) is 20.3 Å². The van der Waals surface area contributed by atoms with E-state index >= 15 is 0 Å². The maximum Gasteiger partial charge on any atom is 0.259 e. The number of nitrogens with two attached hydrogens (primary N) is 1. The number of nitrogens with zero attached hydrogens (tertiary/aromatic N) is 3. The van der Waals surface area contributed by atoms with Gasteiger partial charge in [0.05, 0.1) is 10.3 Å². The molecule has 1 amide bonds. The number of hydrogen-bond acceptors (Lipinski definition) is 6. The molecular formula is C17H22N6OS. The van der Waals surface area contributed by atoms with Crippen molar-refractivity contribution in [3.63, 3.8) is 0 Å². The molecule has 4 rings (SSSR count). The summed E-state index contributed by atoms with van der Waals surface area (Å²) in [5.41, 5.74) is 6.83. The van der Waals surface area contributed by atoms with Crippen LogP contribution in [0.3, 0.4) is 0 Å². The average Bonchev–Trinajstić information content (AvgIpc) is 3.10. The van der Waals surface area contributed by atoms with Gasteiger partial charge in [0.15, 0.2) is 0 Å². The molecule has 2 aromatic rings. The smallest absolute Gasteiger partial charge is 0.259 e. The number of carbonyl (C=O) groups is 1. The Labute approximate surface area is 150 Å². The van der Waals surface area contributed by atoms with Gasteiger partial charge in [-0.1, -0.05) is 0 Å². The van der Waals surface area contributed by atoms with Crippen LogP contribution in [0.15, 0.2) is 29.7 Å². The topological polar surface area (TPSA) is 99.9 Å². The van der Waals surface area contributed by atoms with Crippen LogP contribution in [0, 0.1) is 0 Å². The van der Waals surface area contributed by atoms with Crippen LogP contribution in [0.2, 0.25) is 0 Å². The molecule has 0 bridgehead atoms. The molecule has 7 nitrogen and oxygen atoms in total. The van der Waals surface area contributed by atoms with Crippen molar-refractivity contribution in [3.8, 4) is 0 Å². The fraction of sp³-hybridized carbons (Fsp3) is 0.471. The van der Waals surface area contributed by atoms with E-state index in [0.717, 1.165) is 59.7 Å². The highest BCUT2D eigenvalue weighted by Gasteiger charge is 2.25. The molecule has 1 aliphatic carbocycles. The van der Waals surface area contributed by atoms with Crippen molar-refractivity contribution in [2.75, 3.05) is 17.2 Å². The minimum Gasteiger partial charge on any atom is -0.349 e. The third-order valence-electron chi connectivity index (χ3n) is 4.74. The zero-order valence-corrected chi connectivity index (χ0v) is 14.8. The first kappa shape index (κ1) is 16.4. The van der Waals surface area contributed by atoms with Gasteiger partial charge in [-0.15, -0.1) is 11.8 Å². The van der Waals surface area contributed by atoms with E-state index in [1.54, 1.807) is 18.1 Å². The second kappa shape index (κ2) is 7.05. The summed E-state index contributed by atoms with van der Waals surface area (Å²) in [6.07, 6.45) is 9.31. The number of amides is 1. The first-order valence-electron chi connectivity index (χ1n) is 8.66. The Morgan fingerprint density at radius 3 is 3.20 bits per heavy atom. The zero-order valence-electron chi connectivity index (χ0n) is 13.9. The highest BCUT2D eigenvalue weighted by molar-refractivity contribution is 8.04. The molecule has 0 saturated heterocycles. The van der Waals surface area contributed by atoms with Gasteiger partial charge in [-0.25, -0.2) is 9.97 Å². The number of aromatic nitrogens is 3. The van der Waals surface area contributed by atoms with Gasteiger partial charge in [0.1, 0.15) is 17.8 Å². The highest BCUT2D eigenvalue weighted by Crippen LogP contribution is 2.29. The van der Waals surface area contributed by atoms with Crippen LogP contribution < -0.4 is 16.0 Å². The first-order chi connectivity index (χ1) is 12.2. The average molecular weight is 358 g/mol. The van der Waals surface area contributed by atoms with E-state index in [1.807, 2.05) is 23.4 Å². The van der Waals surface area contributed by atoms with Gasteiger partial charge < -0.3 is 20.9 Å². The van der Waals surface area contributed by atoms with Gasteiger partial charge in [-0.2, -0.15) is 0 Å². The normalized spacial score (nSPS) is 24.2. The van der Waals surface area contributed by atoms with Crippen LogP contribution >= 0.6 is 11.8 Å². The SMILES string of the molecule is N[C@H]1CCC[C@H](NC(=O)C2=CN(c3ncnc4[nH]ccc34)CCS2)C1. The Morgan fingerprint density at radius 1 is 1.40 bits per heavy atom. The van der Waals surface area contributed by atoms with Crippen LogP contribution in [0.4, 0.5) is 5.82 Å². The molecule has 0 unspecified atom stereocenters. The van der Waals surface area contributed by atoms with Crippen molar-refractivity contribution < 1.29 is 4.79 Å². The molecule has 4 N–H and O–H groups in total. The van der Waals surface area contributed by atoms with Crippen molar-refractivity contribution >= 4 is 34.5 Å². The molecule has 0 aromatic carbocycles. The predicted molar refractivity (Wildman–Crippen MR) is 100 cm³/mol. The molecule has 1 aliphatic heterocycles. The van der Waals surface area contributed by atoms with Gasteiger partial charge in [-0.05, 0) is 31.7 Å². The lowest BCUT2D eigenvalue weighted by atomic mass is 9.91. The zero-order chi connectivity index (χ0) is 17.2. The fourth-order valence-corrected chi connectivity index (χ4v) is 4.39. The number of fused-ring (bicyclic) bond motifs is 1. The standard InChI is InChI=1S/C17H22N6OS/c18-11-2-1-3-12(8-11)22-17(24)14-9-23(6-7-25-14)16-13-4-5-19-15(13)20-10-21-16/h4-5,9-12H,1-3,6-8,18H2,(H,22,24)(H,19,20,21)/t11-,12-/m0/s1. The lowest BCUT2D eigenvalue weighted by Crippen LogP contribution is -2.43. The number of thioether (sulfide) groups is 1. The van der Waals surface area contributed by atoms with E-state index in [2.05, 4.69) is 20.3 Å². The fourth-order valence-electron chi connectivity index (χ4n) is 3.49. The number of hydrogen-bond donors (Lipinski definition) is 3. The van der Waals surface area contributed by atoms with Gasteiger partial charge in [0, 0.05) is 36.8 Å². The van der Waals surface area contributed by atoms with Crippen LogP contribution in [0.25, 0.3) is 11.0 Å². The van der Waals surface area contributed by atoms with Crippen LogP contribution in [0.5, 0.6) is 0 Å². The molecule has 8 heteroatoms. The largest absolute Gasteiger partial charge is 0.349 e. The molecule has 25 heavy (non-hydrogen) atoms. The minimum absolute atomic E-state index is 0.00633. The number of rotatable bonds is 3. The van der Waals surface area contributed by atoms with Gasteiger partial charge >= 0.3 is 0 Å².